The fourth-order valence-corrected chi connectivity index (χ4v) is 4.44. The number of esters is 1. The molecule has 1 N–H and O–H groups in total. The van der Waals surface area contributed by atoms with Gasteiger partial charge in [-0.25, -0.2) is 4.79 Å². The predicted molar refractivity (Wildman–Crippen MR) is 114 cm³/mol. The number of rotatable bonds is 7. The number of aryl methyl sites for hydroxylation is 1. The van der Waals surface area contributed by atoms with Crippen molar-refractivity contribution >= 4 is 23.5 Å². The first-order valence-electron chi connectivity index (χ1n) is 10.1. The first kappa shape index (κ1) is 20.7. The highest BCUT2D eigenvalue weighted by Gasteiger charge is 2.38. The third-order valence-electron chi connectivity index (χ3n) is 5.38. The van der Waals surface area contributed by atoms with Crippen molar-refractivity contribution in [3.8, 4) is 0 Å². The molecule has 28 heavy (non-hydrogen) atoms. The second-order valence-electron chi connectivity index (χ2n) is 7.19. The van der Waals surface area contributed by atoms with E-state index in [2.05, 4.69) is 43.4 Å². The third-order valence-corrected chi connectivity index (χ3v) is 6.25. The van der Waals surface area contributed by atoms with Crippen molar-refractivity contribution in [2.45, 2.75) is 52.4 Å². The summed E-state index contributed by atoms with van der Waals surface area (Å²) in [6, 6.07) is 8.27. The van der Waals surface area contributed by atoms with Crippen LogP contribution in [-0.2, 0) is 20.7 Å². The van der Waals surface area contributed by atoms with E-state index in [0.717, 1.165) is 53.3 Å². The van der Waals surface area contributed by atoms with Crippen molar-refractivity contribution in [1.82, 2.24) is 5.32 Å². The van der Waals surface area contributed by atoms with E-state index in [9.17, 15) is 9.59 Å². The van der Waals surface area contributed by atoms with E-state index >= 15 is 0 Å². The van der Waals surface area contributed by atoms with E-state index in [1.54, 1.807) is 11.8 Å². The molecule has 1 aliphatic carbocycles. The fraction of sp³-hybridized carbons (Fsp3) is 0.478. The summed E-state index contributed by atoms with van der Waals surface area (Å²) in [6.45, 7) is 6.50. The minimum absolute atomic E-state index is 0.137. The summed E-state index contributed by atoms with van der Waals surface area (Å²) in [4.78, 5) is 25.8. The first-order chi connectivity index (χ1) is 13.6. The van der Waals surface area contributed by atoms with Crippen LogP contribution in [-0.4, -0.2) is 29.9 Å². The molecule has 0 unspecified atom stereocenters. The van der Waals surface area contributed by atoms with Crippen molar-refractivity contribution in [2.24, 2.45) is 0 Å². The molecule has 1 aliphatic heterocycles. The Morgan fingerprint density at radius 1 is 1.21 bits per heavy atom. The Bertz CT molecular complexity index is 808. The van der Waals surface area contributed by atoms with Crippen LogP contribution >= 0.6 is 11.8 Å². The monoisotopic (exact) mass is 399 g/mol. The van der Waals surface area contributed by atoms with Gasteiger partial charge in [0.05, 0.1) is 5.57 Å². The number of hydrogen-bond donors (Lipinski definition) is 1. The van der Waals surface area contributed by atoms with E-state index in [1.807, 2.05) is 6.92 Å². The summed E-state index contributed by atoms with van der Waals surface area (Å²) in [5.41, 5.74) is 5.30. The summed E-state index contributed by atoms with van der Waals surface area (Å²) in [7, 11) is 0. The van der Waals surface area contributed by atoms with Gasteiger partial charge in [0.2, 0.25) is 0 Å². The van der Waals surface area contributed by atoms with Crippen molar-refractivity contribution in [2.75, 3.05) is 18.1 Å². The topological polar surface area (TPSA) is 55.4 Å². The molecular formula is C23H29NO3S. The van der Waals surface area contributed by atoms with Gasteiger partial charge in [-0.2, -0.15) is 11.8 Å². The second kappa shape index (κ2) is 9.46. The zero-order valence-corrected chi connectivity index (χ0v) is 17.8. The Kier molecular flexibility index (Phi) is 7.00. The van der Waals surface area contributed by atoms with Gasteiger partial charge in [0.15, 0.2) is 5.78 Å². The highest BCUT2D eigenvalue weighted by molar-refractivity contribution is 7.99. The van der Waals surface area contributed by atoms with Crippen LogP contribution in [0.1, 0.15) is 57.1 Å². The molecule has 0 saturated heterocycles. The smallest absolute Gasteiger partial charge is 0.336 e. The number of Topliss-reactive ketones (excluding diaryl/α,β-unsaturated/α-hetero) is 1. The van der Waals surface area contributed by atoms with E-state index in [-0.39, 0.29) is 17.7 Å². The standard InChI is InChI=1S/C23H29NO3S/c1-4-16-9-11-17(12-10-16)21-20(23(26)27-13-14-28-5-2)15(3)24-18-7-6-8-19(25)22(18)21/h9-12,21,24H,4-8,13-14H2,1-3H3/t21-/m0/s1. The average Bonchev–Trinajstić information content (AvgIpc) is 2.70. The van der Waals surface area contributed by atoms with Crippen molar-refractivity contribution in [3.63, 3.8) is 0 Å². The Morgan fingerprint density at radius 3 is 2.64 bits per heavy atom. The third kappa shape index (κ3) is 4.35. The molecule has 150 valence electrons. The van der Waals surface area contributed by atoms with Gasteiger partial charge in [-0.3, -0.25) is 4.79 Å². The molecule has 0 spiro atoms. The molecule has 0 bridgehead atoms. The lowest BCUT2D eigenvalue weighted by molar-refractivity contribution is -0.138. The van der Waals surface area contributed by atoms with Crippen LogP contribution in [0.25, 0.3) is 0 Å². The zero-order chi connectivity index (χ0) is 20.1. The predicted octanol–water partition coefficient (Wildman–Crippen LogP) is 4.51. The molecule has 0 radical (unpaired) electrons. The van der Waals surface area contributed by atoms with Gasteiger partial charge >= 0.3 is 5.97 Å². The number of dihydropyridines is 1. The Hall–Kier alpha value is -2.01. The highest BCUT2D eigenvalue weighted by atomic mass is 32.2. The number of thioether (sulfide) groups is 1. The van der Waals surface area contributed by atoms with Gasteiger partial charge in [-0.1, -0.05) is 38.1 Å². The normalized spacial score (nSPS) is 19.4. The van der Waals surface area contributed by atoms with Crippen LogP contribution in [0.3, 0.4) is 0 Å². The lowest BCUT2D eigenvalue weighted by atomic mass is 9.75. The molecule has 0 aromatic heterocycles. The Balaban J connectivity index is 1.97. The molecule has 0 saturated carbocycles. The number of ether oxygens (including phenoxy) is 1. The summed E-state index contributed by atoms with van der Waals surface area (Å²) >= 11 is 1.75. The van der Waals surface area contributed by atoms with Crippen LogP contribution in [0.2, 0.25) is 0 Å². The molecule has 1 atom stereocenters. The highest BCUT2D eigenvalue weighted by Crippen LogP contribution is 2.42. The van der Waals surface area contributed by atoms with Crippen molar-refractivity contribution in [3.05, 3.63) is 57.9 Å². The van der Waals surface area contributed by atoms with E-state index in [4.69, 9.17) is 4.74 Å². The quantitative estimate of drug-likeness (QED) is 0.540. The van der Waals surface area contributed by atoms with Crippen LogP contribution < -0.4 is 5.32 Å². The molecule has 1 aromatic rings. The Morgan fingerprint density at radius 2 is 1.96 bits per heavy atom. The van der Waals surface area contributed by atoms with E-state index < -0.39 is 0 Å². The number of allylic oxidation sites excluding steroid dienone is 3. The number of carbonyl (C=O) groups is 2. The summed E-state index contributed by atoms with van der Waals surface area (Å²) in [5.74, 6) is 1.25. The molecule has 3 rings (SSSR count). The number of hydrogen-bond acceptors (Lipinski definition) is 5. The van der Waals surface area contributed by atoms with Gasteiger partial charge in [-0.15, -0.1) is 0 Å². The molecular weight excluding hydrogens is 370 g/mol. The summed E-state index contributed by atoms with van der Waals surface area (Å²) in [5, 5.41) is 3.34. The maximum Gasteiger partial charge on any atom is 0.336 e. The van der Waals surface area contributed by atoms with Gasteiger partial charge < -0.3 is 10.1 Å². The molecule has 1 heterocycles. The molecule has 5 heteroatoms. The maximum atomic E-state index is 13.0. The van der Waals surface area contributed by atoms with Gasteiger partial charge in [-0.05, 0) is 43.1 Å². The van der Waals surface area contributed by atoms with Crippen LogP contribution in [0.15, 0.2) is 46.8 Å². The summed E-state index contributed by atoms with van der Waals surface area (Å²) < 4.78 is 5.57. The average molecular weight is 400 g/mol. The van der Waals surface area contributed by atoms with Crippen molar-refractivity contribution in [1.29, 1.82) is 0 Å². The van der Waals surface area contributed by atoms with Gasteiger partial charge in [0.1, 0.15) is 6.61 Å². The van der Waals surface area contributed by atoms with E-state index in [1.165, 1.54) is 5.56 Å². The summed E-state index contributed by atoms with van der Waals surface area (Å²) in [6.07, 6.45) is 3.20. The minimum Gasteiger partial charge on any atom is -0.461 e. The maximum absolute atomic E-state index is 13.0. The first-order valence-corrected chi connectivity index (χ1v) is 11.3. The lowest BCUT2D eigenvalue weighted by Crippen LogP contribution is -2.34. The SMILES string of the molecule is CCSCCOC(=O)C1=C(C)NC2=C(C(=O)CCC2)[C@H]1c1ccc(CC)cc1. The number of ketones is 1. The molecule has 2 aliphatic rings. The second-order valence-corrected chi connectivity index (χ2v) is 8.59. The number of carbonyl (C=O) groups excluding carboxylic acids is 2. The Labute approximate surface area is 171 Å². The van der Waals surface area contributed by atoms with E-state index in [0.29, 0.717) is 18.6 Å². The van der Waals surface area contributed by atoms with Crippen LogP contribution in [0, 0.1) is 0 Å². The molecule has 0 amide bonds. The fourth-order valence-electron chi connectivity index (χ4n) is 3.95. The van der Waals surface area contributed by atoms with Gasteiger partial charge in [0.25, 0.3) is 0 Å². The largest absolute Gasteiger partial charge is 0.461 e. The molecule has 1 aromatic carbocycles. The van der Waals surface area contributed by atoms with Crippen LogP contribution in [0.5, 0.6) is 0 Å². The molecule has 0 fully saturated rings. The molecule has 4 nitrogen and oxygen atoms in total. The van der Waals surface area contributed by atoms with Gasteiger partial charge in [0, 0.05) is 35.1 Å². The minimum atomic E-state index is -0.346. The number of benzene rings is 1. The number of nitrogens with one attached hydrogen (secondary N) is 1. The zero-order valence-electron chi connectivity index (χ0n) is 17.0. The van der Waals surface area contributed by atoms with Crippen molar-refractivity contribution < 1.29 is 14.3 Å². The lowest BCUT2D eigenvalue weighted by Gasteiger charge is -2.34. The van der Waals surface area contributed by atoms with Crippen LogP contribution in [0.4, 0.5) is 0 Å².